The highest BCUT2D eigenvalue weighted by atomic mass is 19.4. The van der Waals surface area contributed by atoms with Crippen molar-refractivity contribution in [3.05, 3.63) is 48.4 Å². The summed E-state index contributed by atoms with van der Waals surface area (Å²) in [6.07, 6.45) is -2.24. The first kappa shape index (κ1) is 17.8. The van der Waals surface area contributed by atoms with Crippen LogP contribution in [0.4, 0.5) is 18.9 Å². The number of carbonyl (C=O) groups is 2. The van der Waals surface area contributed by atoms with Crippen LogP contribution in [0, 0.1) is 0 Å². The van der Waals surface area contributed by atoms with Crippen molar-refractivity contribution in [2.45, 2.75) is 25.2 Å². The molecule has 2 amide bonds. The van der Waals surface area contributed by atoms with Gasteiger partial charge in [-0.25, -0.2) is 0 Å². The van der Waals surface area contributed by atoms with Crippen molar-refractivity contribution >= 4 is 17.5 Å². The van der Waals surface area contributed by atoms with Gasteiger partial charge in [-0.05, 0) is 49.2 Å². The Hall–Kier alpha value is -2.97. The van der Waals surface area contributed by atoms with Gasteiger partial charge in [0.05, 0.1) is 6.26 Å². The predicted molar refractivity (Wildman–Crippen MR) is 84.5 cm³/mol. The summed E-state index contributed by atoms with van der Waals surface area (Å²) in [5.41, 5.74) is 0.307. The molecule has 0 bridgehead atoms. The number of hydrogen-bond donors (Lipinski definition) is 1. The van der Waals surface area contributed by atoms with Gasteiger partial charge >= 0.3 is 6.36 Å². The number of nitrogens with one attached hydrogen (secondary N) is 1. The molecular formula is C17H15F3N2O4. The van der Waals surface area contributed by atoms with Crippen molar-refractivity contribution in [3.8, 4) is 5.75 Å². The average Bonchev–Trinajstić information content (AvgIpc) is 3.26. The Morgan fingerprint density at radius 2 is 1.92 bits per heavy atom. The number of hydrogen-bond acceptors (Lipinski definition) is 4. The Balaban J connectivity index is 1.64. The summed E-state index contributed by atoms with van der Waals surface area (Å²) in [6.45, 7) is 0.427. The van der Waals surface area contributed by atoms with Crippen molar-refractivity contribution in [3.63, 3.8) is 0 Å². The smallest absolute Gasteiger partial charge is 0.459 e. The maximum absolute atomic E-state index is 12.5. The summed E-state index contributed by atoms with van der Waals surface area (Å²) >= 11 is 0. The van der Waals surface area contributed by atoms with E-state index in [2.05, 4.69) is 10.1 Å². The van der Waals surface area contributed by atoms with E-state index in [1.807, 2.05) is 0 Å². The number of rotatable bonds is 4. The zero-order valence-electron chi connectivity index (χ0n) is 13.5. The Labute approximate surface area is 146 Å². The highest BCUT2D eigenvalue weighted by Crippen LogP contribution is 2.25. The molecule has 0 aliphatic carbocycles. The minimum Gasteiger partial charge on any atom is -0.459 e. The molecule has 0 saturated carbocycles. The van der Waals surface area contributed by atoms with Crippen LogP contribution in [-0.2, 0) is 4.79 Å². The number of amides is 2. The highest BCUT2D eigenvalue weighted by molar-refractivity contribution is 6.00. The van der Waals surface area contributed by atoms with Crippen LogP contribution in [0.15, 0.2) is 47.1 Å². The normalized spacial score (nSPS) is 17.2. The molecule has 138 valence electrons. The third-order valence-corrected chi connectivity index (χ3v) is 3.90. The number of halogens is 3. The molecule has 26 heavy (non-hydrogen) atoms. The summed E-state index contributed by atoms with van der Waals surface area (Å²) in [6, 6.07) is 7.24. The molecule has 1 aromatic carbocycles. The third-order valence-electron chi connectivity index (χ3n) is 3.90. The summed E-state index contributed by atoms with van der Waals surface area (Å²) in [5, 5.41) is 2.60. The molecule has 9 heteroatoms. The van der Waals surface area contributed by atoms with Gasteiger partial charge in [-0.2, -0.15) is 0 Å². The predicted octanol–water partition coefficient (Wildman–Crippen LogP) is 3.42. The molecule has 1 fully saturated rings. The molecule has 0 spiro atoms. The molecule has 0 radical (unpaired) electrons. The van der Waals surface area contributed by atoms with Gasteiger partial charge in [-0.3, -0.25) is 9.59 Å². The topological polar surface area (TPSA) is 71.8 Å². The molecule has 1 aliphatic heterocycles. The van der Waals surface area contributed by atoms with Gasteiger partial charge in [0.2, 0.25) is 5.91 Å². The van der Waals surface area contributed by atoms with E-state index in [-0.39, 0.29) is 17.4 Å². The fourth-order valence-electron chi connectivity index (χ4n) is 2.79. The van der Waals surface area contributed by atoms with E-state index in [0.29, 0.717) is 25.1 Å². The third kappa shape index (κ3) is 4.16. The fourth-order valence-corrected chi connectivity index (χ4v) is 2.79. The fraction of sp³-hybridized carbons (Fsp3) is 0.294. The first-order valence-corrected chi connectivity index (χ1v) is 7.84. The minimum atomic E-state index is -4.78. The van der Waals surface area contributed by atoms with Gasteiger partial charge < -0.3 is 19.4 Å². The summed E-state index contributed by atoms with van der Waals surface area (Å²) in [5.74, 6) is -1.02. The van der Waals surface area contributed by atoms with E-state index >= 15 is 0 Å². The zero-order chi connectivity index (χ0) is 18.7. The lowest BCUT2D eigenvalue weighted by atomic mass is 10.2. The highest BCUT2D eigenvalue weighted by Gasteiger charge is 2.35. The molecule has 3 rings (SSSR count). The van der Waals surface area contributed by atoms with Crippen LogP contribution in [0.1, 0.15) is 23.4 Å². The standard InChI is InChI=1S/C17H15F3N2O4/c18-17(19,20)26-12-7-5-11(6-8-12)21-15(23)13-3-1-9-22(13)16(24)14-4-2-10-25-14/h2,4-8,10,13H,1,3,9H2,(H,21,23). The number of alkyl halides is 3. The van der Waals surface area contributed by atoms with Crippen LogP contribution in [0.25, 0.3) is 0 Å². The molecule has 1 atom stereocenters. The first-order valence-electron chi connectivity index (χ1n) is 7.84. The largest absolute Gasteiger partial charge is 0.573 e. The van der Waals surface area contributed by atoms with Gasteiger partial charge in [0, 0.05) is 12.2 Å². The second kappa shape index (κ2) is 7.11. The minimum absolute atomic E-state index is 0.151. The Morgan fingerprint density at radius 1 is 1.19 bits per heavy atom. The van der Waals surface area contributed by atoms with Crippen LogP contribution in [0.2, 0.25) is 0 Å². The van der Waals surface area contributed by atoms with Crippen LogP contribution < -0.4 is 10.1 Å². The number of likely N-dealkylation sites (tertiary alicyclic amines) is 1. The van der Waals surface area contributed by atoms with E-state index in [4.69, 9.17) is 4.42 Å². The first-order chi connectivity index (χ1) is 12.3. The average molecular weight is 368 g/mol. The number of furan rings is 1. The Kier molecular flexibility index (Phi) is 4.88. The lowest BCUT2D eigenvalue weighted by Crippen LogP contribution is -2.43. The van der Waals surface area contributed by atoms with Gasteiger partial charge in [0.1, 0.15) is 11.8 Å². The monoisotopic (exact) mass is 368 g/mol. The molecule has 6 nitrogen and oxygen atoms in total. The summed E-state index contributed by atoms with van der Waals surface area (Å²) < 4.78 is 45.3. The van der Waals surface area contributed by atoms with Gasteiger partial charge in [-0.1, -0.05) is 0 Å². The van der Waals surface area contributed by atoms with Crippen LogP contribution in [0.5, 0.6) is 5.75 Å². The second-order valence-electron chi connectivity index (χ2n) is 5.70. The molecule has 1 aliphatic rings. The number of carbonyl (C=O) groups excluding carboxylic acids is 2. The van der Waals surface area contributed by atoms with Crippen LogP contribution in [-0.4, -0.2) is 35.7 Å². The summed E-state index contributed by atoms with van der Waals surface area (Å²) in [4.78, 5) is 26.3. The molecule has 1 saturated heterocycles. The number of ether oxygens (including phenoxy) is 1. The maximum Gasteiger partial charge on any atom is 0.573 e. The van der Waals surface area contributed by atoms with E-state index < -0.39 is 18.3 Å². The van der Waals surface area contributed by atoms with E-state index in [0.717, 1.165) is 12.1 Å². The quantitative estimate of drug-likeness (QED) is 0.898. The number of benzene rings is 1. The Bertz CT molecular complexity index is 772. The van der Waals surface area contributed by atoms with Gasteiger partial charge in [-0.15, -0.1) is 13.2 Å². The van der Waals surface area contributed by atoms with Crippen molar-refractivity contribution in [1.82, 2.24) is 4.90 Å². The van der Waals surface area contributed by atoms with Crippen molar-refractivity contribution in [2.24, 2.45) is 0 Å². The van der Waals surface area contributed by atoms with Gasteiger partial charge in [0.25, 0.3) is 5.91 Å². The molecule has 1 N–H and O–H groups in total. The number of nitrogens with zero attached hydrogens (tertiary/aromatic N) is 1. The van der Waals surface area contributed by atoms with E-state index in [1.165, 1.54) is 29.4 Å². The van der Waals surface area contributed by atoms with E-state index in [9.17, 15) is 22.8 Å². The van der Waals surface area contributed by atoms with E-state index in [1.54, 1.807) is 6.07 Å². The van der Waals surface area contributed by atoms with Gasteiger partial charge in [0.15, 0.2) is 5.76 Å². The Morgan fingerprint density at radius 3 is 2.54 bits per heavy atom. The maximum atomic E-state index is 12.5. The molecule has 1 aromatic heterocycles. The SMILES string of the molecule is O=C(Nc1ccc(OC(F)(F)F)cc1)C1CCCN1C(=O)c1ccco1. The molecule has 2 heterocycles. The van der Waals surface area contributed by atoms with Crippen molar-refractivity contribution in [1.29, 1.82) is 0 Å². The van der Waals surface area contributed by atoms with Crippen molar-refractivity contribution < 1.29 is 31.9 Å². The van der Waals surface area contributed by atoms with Crippen LogP contribution >= 0.6 is 0 Å². The van der Waals surface area contributed by atoms with Crippen molar-refractivity contribution in [2.75, 3.05) is 11.9 Å². The summed E-state index contributed by atoms with van der Waals surface area (Å²) in [7, 11) is 0. The van der Waals surface area contributed by atoms with Crippen LogP contribution in [0.3, 0.4) is 0 Å². The molecule has 1 unspecified atom stereocenters. The lowest BCUT2D eigenvalue weighted by Gasteiger charge is -2.23. The second-order valence-corrected chi connectivity index (χ2v) is 5.70. The molecular weight excluding hydrogens is 353 g/mol. The zero-order valence-corrected chi connectivity index (χ0v) is 13.5. The molecule has 2 aromatic rings. The number of anilines is 1. The lowest BCUT2D eigenvalue weighted by molar-refractivity contribution is -0.274.